The smallest absolute Gasteiger partial charge is 0.188 e. The summed E-state index contributed by atoms with van der Waals surface area (Å²) in [6, 6.07) is 14.1. The second-order valence-corrected chi connectivity index (χ2v) is 7.78. The number of nitrogens with zero attached hydrogens (tertiary/aromatic N) is 2. The van der Waals surface area contributed by atoms with E-state index < -0.39 is 0 Å². The number of hydrogen-bond acceptors (Lipinski definition) is 4. The summed E-state index contributed by atoms with van der Waals surface area (Å²) in [5.41, 5.74) is 14.7. The monoisotopic (exact) mass is 408 g/mol. The Morgan fingerprint density at radius 1 is 0.933 bits per heavy atom. The highest BCUT2D eigenvalue weighted by molar-refractivity contribution is 5.75. The summed E-state index contributed by atoms with van der Waals surface area (Å²) in [6.45, 7) is 3.31. The van der Waals surface area contributed by atoms with Gasteiger partial charge in [0.2, 0.25) is 0 Å². The summed E-state index contributed by atoms with van der Waals surface area (Å²) in [5.74, 6) is 1.84. The Morgan fingerprint density at radius 2 is 1.67 bits per heavy atom. The summed E-state index contributed by atoms with van der Waals surface area (Å²) in [5, 5.41) is 15.1. The van der Waals surface area contributed by atoms with Gasteiger partial charge in [-0.1, -0.05) is 18.2 Å². The molecule has 1 saturated heterocycles. The Labute approximate surface area is 176 Å². The van der Waals surface area contributed by atoms with Crippen LogP contribution in [0.2, 0.25) is 0 Å². The van der Waals surface area contributed by atoms with Crippen LogP contribution in [-0.4, -0.2) is 47.5 Å². The second-order valence-electron chi connectivity index (χ2n) is 7.78. The van der Waals surface area contributed by atoms with Crippen molar-refractivity contribution in [3.63, 3.8) is 0 Å². The van der Waals surface area contributed by atoms with E-state index in [1.54, 1.807) is 0 Å². The van der Waals surface area contributed by atoms with Crippen LogP contribution in [0.4, 0.5) is 0 Å². The summed E-state index contributed by atoms with van der Waals surface area (Å²) in [4.78, 5) is 3.69. The van der Waals surface area contributed by atoms with Crippen LogP contribution in [0.3, 0.4) is 0 Å². The average Bonchev–Trinajstić information content (AvgIpc) is 3.21. The summed E-state index contributed by atoms with van der Waals surface area (Å²) in [7, 11) is 0. The van der Waals surface area contributed by atoms with Crippen molar-refractivity contribution in [2.24, 2.45) is 11.5 Å². The lowest BCUT2D eigenvalue weighted by Gasteiger charge is -2.29. The van der Waals surface area contributed by atoms with E-state index in [-0.39, 0.29) is 18.0 Å². The Hall–Kier alpha value is -3.42. The molecule has 2 aliphatic rings. The lowest BCUT2D eigenvalue weighted by molar-refractivity contribution is 0.214. The molecular weight excluding hydrogens is 380 g/mol. The molecule has 2 heterocycles. The van der Waals surface area contributed by atoms with Crippen LogP contribution in [0, 0.1) is 10.8 Å². The highest BCUT2D eigenvalue weighted by atomic mass is 16.5. The Kier molecular flexibility index (Phi) is 5.65. The minimum Gasteiger partial charge on any atom is -0.489 e. The van der Waals surface area contributed by atoms with E-state index in [4.69, 9.17) is 31.8 Å². The predicted molar refractivity (Wildman–Crippen MR) is 116 cm³/mol. The van der Waals surface area contributed by atoms with Gasteiger partial charge in [0.25, 0.3) is 0 Å². The number of fused-ring (bicyclic) bond motifs is 1. The lowest BCUT2D eigenvalue weighted by atomic mass is 10.00. The van der Waals surface area contributed by atoms with E-state index in [1.165, 1.54) is 5.56 Å². The van der Waals surface area contributed by atoms with Gasteiger partial charge in [0.1, 0.15) is 24.2 Å². The minimum absolute atomic E-state index is 0.0565. The molecule has 1 unspecified atom stereocenters. The molecule has 2 aromatic rings. The maximum Gasteiger partial charge on any atom is 0.188 e. The number of nitrogens with one attached hydrogen (secondary N) is 2. The highest BCUT2D eigenvalue weighted by Crippen LogP contribution is 2.25. The number of likely N-dealkylation sites (tertiary alicyclic amines) is 1. The fraction of sp³-hybridized carbons (Fsp3) is 0.364. The first-order chi connectivity index (χ1) is 14.5. The summed E-state index contributed by atoms with van der Waals surface area (Å²) >= 11 is 0. The zero-order valence-corrected chi connectivity index (χ0v) is 16.9. The number of rotatable bonds is 5. The van der Waals surface area contributed by atoms with E-state index in [1.807, 2.05) is 46.2 Å². The fourth-order valence-electron chi connectivity index (χ4n) is 3.90. The average molecular weight is 409 g/mol. The first-order valence-electron chi connectivity index (χ1n) is 10.2. The van der Waals surface area contributed by atoms with Crippen LogP contribution < -0.4 is 20.9 Å². The van der Waals surface area contributed by atoms with E-state index >= 15 is 0 Å². The molecule has 0 saturated carbocycles. The predicted octanol–water partition coefficient (Wildman–Crippen LogP) is 1.86. The minimum atomic E-state index is 0.0565. The molecule has 8 heteroatoms. The molecule has 0 aliphatic carbocycles. The van der Waals surface area contributed by atoms with Gasteiger partial charge in [0.15, 0.2) is 11.9 Å². The molecule has 0 amide bonds. The lowest BCUT2D eigenvalue weighted by Crippen LogP contribution is -2.40. The fourth-order valence-corrected chi connectivity index (χ4v) is 3.90. The van der Waals surface area contributed by atoms with E-state index in [0.717, 1.165) is 48.6 Å². The van der Waals surface area contributed by atoms with Crippen molar-refractivity contribution in [1.29, 1.82) is 10.8 Å². The van der Waals surface area contributed by atoms with Gasteiger partial charge in [-0.15, -0.1) is 0 Å². The molecule has 1 atom stereocenters. The van der Waals surface area contributed by atoms with E-state index in [9.17, 15) is 0 Å². The molecule has 0 aromatic heterocycles. The van der Waals surface area contributed by atoms with Gasteiger partial charge >= 0.3 is 0 Å². The first-order valence-corrected chi connectivity index (χ1v) is 10.2. The maximum atomic E-state index is 7.64. The quantitative estimate of drug-likeness (QED) is 0.442. The molecule has 4 rings (SSSR count). The normalized spacial score (nSPS) is 18.1. The molecule has 0 spiro atoms. The third kappa shape index (κ3) is 4.59. The van der Waals surface area contributed by atoms with Crippen molar-refractivity contribution in [3.8, 4) is 11.5 Å². The van der Waals surface area contributed by atoms with Crippen LogP contribution in [0.1, 0.15) is 23.1 Å². The highest BCUT2D eigenvalue weighted by Gasteiger charge is 2.24. The maximum absolute atomic E-state index is 7.64. The van der Waals surface area contributed by atoms with Crippen LogP contribution in [0.25, 0.3) is 0 Å². The van der Waals surface area contributed by atoms with Crippen molar-refractivity contribution in [3.05, 3.63) is 59.2 Å². The van der Waals surface area contributed by atoms with Gasteiger partial charge in [0.05, 0.1) is 6.54 Å². The molecule has 0 radical (unpaired) electrons. The summed E-state index contributed by atoms with van der Waals surface area (Å²) < 4.78 is 12.0. The van der Waals surface area contributed by atoms with Gasteiger partial charge in [-0.05, 0) is 47.4 Å². The zero-order chi connectivity index (χ0) is 21.1. The van der Waals surface area contributed by atoms with Crippen LogP contribution in [0.5, 0.6) is 11.5 Å². The van der Waals surface area contributed by atoms with Crippen molar-refractivity contribution >= 4 is 11.9 Å². The van der Waals surface area contributed by atoms with Gasteiger partial charge in [-0.3, -0.25) is 10.8 Å². The third-order valence-corrected chi connectivity index (χ3v) is 5.65. The van der Waals surface area contributed by atoms with Crippen molar-refractivity contribution in [2.75, 3.05) is 19.6 Å². The van der Waals surface area contributed by atoms with Crippen molar-refractivity contribution in [1.82, 2.24) is 9.80 Å². The SMILES string of the molecule is N=C(N)N1CCc2ccc(OCc3ccc(OC4CCN(C(=N)N)C4)cc3)cc2C1. The number of ether oxygens (including phenoxy) is 2. The number of hydrogen-bond donors (Lipinski definition) is 4. The Morgan fingerprint density at radius 3 is 2.37 bits per heavy atom. The topological polar surface area (TPSA) is 125 Å². The van der Waals surface area contributed by atoms with Crippen molar-refractivity contribution < 1.29 is 9.47 Å². The zero-order valence-electron chi connectivity index (χ0n) is 16.9. The van der Waals surface area contributed by atoms with E-state index in [0.29, 0.717) is 19.7 Å². The number of nitrogens with two attached hydrogens (primary N) is 2. The largest absolute Gasteiger partial charge is 0.489 e. The van der Waals surface area contributed by atoms with Gasteiger partial charge in [-0.25, -0.2) is 0 Å². The van der Waals surface area contributed by atoms with Crippen LogP contribution in [-0.2, 0) is 19.6 Å². The molecule has 158 valence electrons. The molecule has 2 aliphatic heterocycles. The van der Waals surface area contributed by atoms with E-state index in [2.05, 4.69) is 6.07 Å². The van der Waals surface area contributed by atoms with Gasteiger partial charge in [0, 0.05) is 26.1 Å². The number of benzene rings is 2. The third-order valence-electron chi connectivity index (χ3n) is 5.65. The standard InChI is InChI=1S/C22H28N6O2/c23-21(24)27-9-7-16-3-6-19(11-17(16)12-27)29-14-15-1-4-18(5-2-15)30-20-8-10-28(13-20)22(25)26/h1-6,11,20H,7-10,12-14H2,(H3,23,24)(H3,25,26). The van der Waals surface area contributed by atoms with Crippen LogP contribution in [0.15, 0.2) is 42.5 Å². The van der Waals surface area contributed by atoms with Crippen molar-refractivity contribution in [2.45, 2.75) is 32.1 Å². The molecule has 8 nitrogen and oxygen atoms in total. The van der Waals surface area contributed by atoms with Gasteiger partial charge in [-0.2, -0.15) is 0 Å². The summed E-state index contributed by atoms with van der Waals surface area (Å²) in [6.07, 6.45) is 1.81. The molecule has 2 aromatic carbocycles. The second kappa shape index (κ2) is 8.52. The molecule has 6 N–H and O–H groups in total. The Bertz CT molecular complexity index is 930. The molecular formula is C22H28N6O2. The first kappa shape index (κ1) is 19.9. The molecule has 1 fully saturated rings. The van der Waals surface area contributed by atoms with Crippen LogP contribution >= 0.6 is 0 Å². The van der Waals surface area contributed by atoms with Gasteiger partial charge < -0.3 is 30.7 Å². The molecule has 30 heavy (non-hydrogen) atoms. The Balaban J connectivity index is 1.31. The molecule has 0 bridgehead atoms. The number of guanidine groups is 2.